The zero-order valence-corrected chi connectivity index (χ0v) is 21.9. The molecule has 1 amide bonds. The molecule has 4 heterocycles. The second-order valence-corrected chi connectivity index (χ2v) is 10.4. The highest BCUT2D eigenvalue weighted by Gasteiger charge is 2.29. The quantitative estimate of drug-likeness (QED) is 0.390. The summed E-state index contributed by atoms with van der Waals surface area (Å²) in [7, 11) is 0. The van der Waals surface area contributed by atoms with Gasteiger partial charge in [0.05, 0.1) is 17.2 Å². The molecule has 1 fully saturated rings. The molecule has 3 aromatic rings. The average molecular weight is 503 g/mol. The van der Waals surface area contributed by atoms with Gasteiger partial charge in [0.15, 0.2) is 5.82 Å². The first-order chi connectivity index (χ1) is 17.6. The second-order valence-electron chi connectivity index (χ2n) is 10.4. The maximum atomic E-state index is 12.3. The highest BCUT2D eigenvalue weighted by atomic mass is 16.6. The third kappa shape index (κ3) is 6.78. The van der Waals surface area contributed by atoms with E-state index in [0.29, 0.717) is 41.7 Å². The molecule has 1 atom stereocenters. The molecular formula is C27H34N8O2. The number of carbonyl (C=O) groups excluding carboxylic acids is 1. The fourth-order valence-electron chi connectivity index (χ4n) is 3.93. The lowest BCUT2D eigenvalue weighted by molar-refractivity contribution is 0.0291. The van der Waals surface area contributed by atoms with Crippen LogP contribution in [0.4, 0.5) is 16.4 Å². The molecule has 0 aliphatic carbocycles. The number of hydrogen-bond donors (Lipinski definition) is 3. The van der Waals surface area contributed by atoms with E-state index in [-0.39, 0.29) is 12.1 Å². The van der Waals surface area contributed by atoms with Crippen LogP contribution < -0.4 is 10.6 Å². The number of allylic oxidation sites excluding steroid dienone is 1. The Morgan fingerprint density at radius 3 is 2.73 bits per heavy atom. The number of amides is 1. The molecule has 37 heavy (non-hydrogen) atoms. The van der Waals surface area contributed by atoms with E-state index >= 15 is 0 Å². The maximum Gasteiger partial charge on any atom is 0.410 e. The van der Waals surface area contributed by atoms with Gasteiger partial charge in [-0.1, -0.05) is 13.8 Å². The fraction of sp³-hybridized carbons (Fsp3) is 0.407. The summed E-state index contributed by atoms with van der Waals surface area (Å²) >= 11 is 0. The van der Waals surface area contributed by atoms with Gasteiger partial charge in [0, 0.05) is 48.9 Å². The van der Waals surface area contributed by atoms with Crippen LogP contribution in [0.2, 0.25) is 0 Å². The van der Waals surface area contributed by atoms with E-state index in [1.807, 2.05) is 45.0 Å². The van der Waals surface area contributed by atoms with Crippen molar-refractivity contribution in [3.8, 4) is 0 Å². The molecule has 0 saturated carbocycles. The van der Waals surface area contributed by atoms with Gasteiger partial charge < -0.3 is 25.7 Å². The number of fused-ring (bicyclic) bond motifs is 1. The lowest BCUT2D eigenvalue weighted by atomic mass is 10.1. The van der Waals surface area contributed by atoms with Crippen molar-refractivity contribution in [3.63, 3.8) is 0 Å². The molecule has 0 bridgehead atoms. The van der Waals surface area contributed by atoms with Crippen molar-refractivity contribution in [2.75, 3.05) is 18.4 Å². The number of likely N-dealkylation sites (tertiary alicyclic amines) is 1. The summed E-state index contributed by atoms with van der Waals surface area (Å²) in [5, 5.41) is 22.7. The van der Waals surface area contributed by atoms with Gasteiger partial charge in [-0.15, -0.1) is 5.10 Å². The molecule has 10 nitrogen and oxygen atoms in total. The average Bonchev–Trinajstić information content (AvgIpc) is 3.33. The van der Waals surface area contributed by atoms with Gasteiger partial charge in [0.1, 0.15) is 11.4 Å². The van der Waals surface area contributed by atoms with Crippen LogP contribution in [0.1, 0.15) is 58.1 Å². The number of nitrogens with one attached hydrogen (secondary N) is 3. The van der Waals surface area contributed by atoms with Crippen molar-refractivity contribution in [2.45, 2.75) is 58.6 Å². The summed E-state index contributed by atoms with van der Waals surface area (Å²) in [6.45, 7) is 11.0. The summed E-state index contributed by atoms with van der Waals surface area (Å²) in [4.78, 5) is 23.3. The van der Waals surface area contributed by atoms with E-state index in [9.17, 15) is 4.79 Å². The number of carbonyl (C=O) groups is 1. The fourth-order valence-corrected chi connectivity index (χ4v) is 3.93. The van der Waals surface area contributed by atoms with E-state index in [2.05, 4.69) is 39.7 Å². The lowest BCUT2D eigenvalue weighted by Crippen LogP contribution is -2.37. The monoisotopic (exact) mass is 502 g/mol. The third-order valence-corrected chi connectivity index (χ3v) is 5.94. The number of hydrogen-bond acceptors (Lipinski definition) is 9. The standard InChI is InChI=1S/C27H34N8O2/c1-17(2)18-11-25(34-31-15-18)33-24-7-6-22-23(32-24)10-19(13-30-22)20(12-28)14-29-21-8-9-35(16-21)26(36)37-27(3,4)5/h6-7,10-15,17,21,28-29H,8-9,16H2,1-5H3,(H,32,33,34)/b20-14+,28-12?/t21-/m1/s1. The zero-order chi connectivity index (χ0) is 26.6. The van der Waals surface area contributed by atoms with Gasteiger partial charge in [-0.2, -0.15) is 5.10 Å². The lowest BCUT2D eigenvalue weighted by Gasteiger charge is -2.24. The first kappa shape index (κ1) is 26.0. The Kier molecular flexibility index (Phi) is 7.66. The molecule has 1 saturated heterocycles. The molecule has 4 rings (SSSR count). The van der Waals surface area contributed by atoms with Gasteiger partial charge in [0.2, 0.25) is 0 Å². The highest BCUT2D eigenvalue weighted by molar-refractivity contribution is 6.08. The molecule has 3 aromatic heterocycles. The van der Waals surface area contributed by atoms with E-state index in [1.165, 1.54) is 6.21 Å². The number of pyridine rings is 2. The molecule has 0 unspecified atom stereocenters. The van der Waals surface area contributed by atoms with Crippen molar-refractivity contribution in [1.82, 2.24) is 30.4 Å². The van der Waals surface area contributed by atoms with Crippen molar-refractivity contribution >= 4 is 40.6 Å². The first-order valence-electron chi connectivity index (χ1n) is 12.4. The van der Waals surface area contributed by atoms with Gasteiger partial charge in [0.25, 0.3) is 0 Å². The first-order valence-corrected chi connectivity index (χ1v) is 12.4. The number of ether oxygens (including phenoxy) is 1. The molecule has 10 heteroatoms. The number of anilines is 2. The van der Waals surface area contributed by atoms with Crippen LogP contribution in [0.15, 0.2) is 42.9 Å². The Labute approximate surface area is 217 Å². The normalized spacial score (nSPS) is 16.2. The number of rotatable bonds is 7. The molecule has 0 spiro atoms. The second kappa shape index (κ2) is 10.9. The largest absolute Gasteiger partial charge is 0.444 e. The van der Waals surface area contributed by atoms with E-state index in [1.54, 1.807) is 23.5 Å². The molecule has 0 aromatic carbocycles. The molecule has 0 radical (unpaired) electrons. The van der Waals surface area contributed by atoms with Crippen LogP contribution in [0.3, 0.4) is 0 Å². The van der Waals surface area contributed by atoms with E-state index in [0.717, 1.165) is 23.1 Å². The molecule has 194 valence electrons. The minimum Gasteiger partial charge on any atom is -0.444 e. The van der Waals surface area contributed by atoms with E-state index < -0.39 is 5.60 Å². The predicted molar refractivity (Wildman–Crippen MR) is 145 cm³/mol. The summed E-state index contributed by atoms with van der Waals surface area (Å²) < 4.78 is 5.47. The van der Waals surface area contributed by atoms with Crippen LogP contribution in [0.25, 0.3) is 16.6 Å². The predicted octanol–water partition coefficient (Wildman–Crippen LogP) is 4.88. The summed E-state index contributed by atoms with van der Waals surface area (Å²) in [6, 6.07) is 7.69. The number of nitrogens with zero attached hydrogens (tertiary/aromatic N) is 5. The van der Waals surface area contributed by atoms with Gasteiger partial charge >= 0.3 is 6.09 Å². The Morgan fingerprint density at radius 1 is 1.19 bits per heavy atom. The molecule has 3 N–H and O–H groups in total. The minimum atomic E-state index is -0.520. The summed E-state index contributed by atoms with van der Waals surface area (Å²) in [5.41, 5.74) is 3.45. The van der Waals surface area contributed by atoms with Gasteiger partial charge in [-0.05, 0) is 62.9 Å². The molecule has 1 aliphatic rings. The van der Waals surface area contributed by atoms with Crippen molar-refractivity contribution in [1.29, 1.82) is 5.41 Å². The Balaban J connectivity index is 1.46. The third-order valence-electron chi connectivity index (χ3n) is 5.94. The van der Waals surface area contributed by atoms with Gasteiger partial charge in [-0.3, -0.25) is 4.98 Å². The summed E-state index contributed by atoms with van der Waals surface area (Å²) in [6.07, 6.45) is 7.08. The topological polar surface area (TPSA) is 129 Å². The molecule has 1 aliphatic heterocycles. The highest BCUT2D eigenvalue weighted by Crippen LogP contribution is 2.22. The van der Waals surface area contributed by atoms with Crippen LogP contribution >= 0.6 is 0 Å². The summed E-state index contributed by atoms with van der Waals surface area (Å²) in [5.74, 6) is 1.61. The number of aromatic nitrogens is 4. The smallest absolute Gasteiger partial charge is 0.410 e. The van der Waals surface area contributed by atoms with Crippen LogP contribution in [0, 0.1) is 5.41 Å². The minimum absolute atomic E-state index is 0.0764. The Morgan fingerprint density at radius 2 is 2.00 bits per heavy atom. The van der Waals surface area contributed by atoms with Crippen LogP contribution in [-0.2, 0) is 4.74 Å². The SMILES string of the molecule is CC(C)c1cnnc(Nc2ccc3ncc(/C(C=N)=C/N[C@@H]4CCN(C(=O)OC(C)(C)C)C4)cc3n2)c1. The van der Waals surface area contributed by atoms with Crippen molar-refractivity contribution < 1.29 is 9.53 Å². The van der Waals surface area contributed by atoms with Crippen LogP contribution in [-0.4, -0.2) is 62.1 Å². The Bertz CT molecular complexity index is 1320. The van der Waals surface area contributed by atoms with Crippen LogP contribution in [0.5, 0.6) is 0 Å². The van der Waals surface area contributed by atoms with E-state index in [4.69, 9.17) is 15.1 Å². The maximum absolute atomic E-state index is 12.3. The van der Waals surface area contributed by atoms with Crippen molar-refractivity contribution in [2.24, 2.45) is 0 Å². The zero-order valence-electron chi connectivity index (χ0n) is 21.9. The van der Waals surface area contributed by atoms with Gasteiger partial charge in [-0.25, -0.2) is 9.78 Å². The Hall–Kier alpha value is -4.08. The van der Waals surface area contributed by atoms with Crippen molar-refractivity contribution in [3.05, 3.63) is 54.0 Å². The molecular weight excluding hydrogens is 468 g/mol.